The quantitative estimate of drug-likeness (QED) is 0.543. The lowest BCUT2D eigenvalue weighted by Gasteiger charge is -2.29. The molecule has 1 rings (SSSR count). The van der Waals surface area contributed by atoms with Gasteiger partial charge in [-0.2, -0.15) is 12.6 Å². The molecule has 15 heavy (non-hydrogen) atoms. The predicted octanol–water partition coefficient (Wildman–Crippen LogP) is 2.22. The van der Waals surface area contributed by atoms with Crippen LogP contribution in [0.3, 0.4) is 0 Å². The Morgan fingerprint density at radius 1 is 1.60 bits per heavy atom. The lowest BCUT2D eigenvalue weighted by atomic mass is 9.81. The zero-order valence-corrected chi connectivity index (χ0v) is 10.6. The molecule has 1 aliphatic heterocycles. The average molecular weight is 230 g/mol. The molecule has 0 saturated carbocycles. The summed E-state index contributed by atoms with van der Waals surface area (Å²) in [5.41, 5.74) is 5.53. The SMILES string of the molecule is CCC1(C(C)CCCCS)COC(N)=N1. The Kier molecular flexibility index (Phi) is 4.77. The van der Waals surface area contributed by atoms with E-state index in [1.54, 1.807) is 0 Å². The van der Waals surface area contributed by atoms with Crippen LogP contribution in [0.5, 0.6) is 0 Å². The zero-order chi connectivity index (χ0) is 11.3. The van der Waals surface area contributed by atoms with E-state index in [0.29, 0.717) is 18.5 Å². The van der Waals surface area contributed by atoms with Crippen molar-refractivity contribution in [2.24, 2.45) is 16.6 Å². The Morgan fingerprint density at radius 3 is 2.80 bits per heavy atom. The van der Waals surface area contributed by atoms with Crippen molar-refractivity contribution in [2.75, 3.05) is 12.4 Å². The number of hydrogen-bond acceptors (Lipinski definition) is 4. The highest BCUT2D eigenvalue weighted by atomic mass is 32.1. The third-order valence-electron chi connectivity index (χ3n) is 3.38. The van der Waals surface area contributed by atoms with Crippen molar-refractivity contribution in [3.8, 4) is 0 Å². The Balaban J connectivity index is 2.51. The van der Waals surface area contributed by atoms with Gasteiger partial charge in [0, 0.05) is 0 Å². The fourth-order valence-corrected chi connectivity index (χ4v) is 2.32. The van der Waals surface area contributed by atoms with Crippen LogP contribution in [-0.4, -0.2) is 23.9 Å². The van der Waals surface area contributed by atoms with E-state index in [1.165, 1.54) is 19.3 Å². The van der Waals surface area contributed by atoms with Crippen molar-refractivity contribution < 1.29 is 4.74 Å². The summed E-state index contributed by atoms with van der Waals surface area (Å²) < 4.78 is 5.30. The summed E-state index contributed by atoms with van der Waals surface area (Å²) in [4.78, 5) is 4.47. The van der Waals surface area contributed by atoms with Crippen LogP contribution in [0.4, 0.5) is 0 Å². The number of nitrogens with two attached hydrogens (primary N) is 1. The third-order valence-corrected chi connectivity index (χ3v) is 3.69. The number of unbranched alkanes of at least 4 members (excludes halogenated alkanes) is 1. The van der Waals surface area contributed by atoms with Gasteiger partial charge in [-0.25, -0.2) is 4.99 Å². The molecule has 4 heteroatoms. The van der Waals surface area contributed by atoms with E-state index in [-0.39, 0.29) is 5.54 Å². The number of nitrogens with zero attached hydrogens (tertiary/aromatic N) is 1. The lowest BCUT2D eigenvalue weighted by Crippen LogP contribution is -2.35. The summed E-state index contributed by atoms with van der Waals surface area (Å²) in [5.74, 6) is 1.50. The first kappa shape index (κ1) is 12.7. The van der Waals surface area contributed by atoms with Gasteiger partial charge in [0.1, 0.15) is 12.1 Å². The number of thiol groups is 1. The monoisotopic (exact) mass is 230 g/mol. The molecule has 0 spiro atoms. The molecule has 88 valence electrons. The van der Waals surface area contributed by atoms with Crippen molar-refractivity contribution in [2.45, 2.75) is 45.1 Å². The van der Waals surface area contributed by atoms with E-state index in [4.69, 9.17) is 10.5 Å². The van der Waals surface area contributed by atoms with Crippen LogP contribution in [-0.2, 0) is 4.74 Å². The molecule has 0 aliphatic carbocycles. The fourth-order valence-electron chi connectivity index (χ4n) is 2.10. The Bertz CT molecular complexity index is 233. The van der Waals surface area contributed by atoms with E-state index >= 15 is 0 Å². The first-order valence-corrected chi connectivity index (χ1v) is 6.37. The summed E-state index contributed by atoms with van der Waals surface area (Å²) in [7, 11) is 0. The van der Waals surface area contributed by atoms with Crippen molar-refractivity contribution in [3.63, 3.8) is 0 Å². The highest BCUT2D eigenvalue weighted by Gasteiger charge is 2.39. The largest absolute Gasteiger partial charge is 0.463 e. The molecule has 2 unspecified atom stereocenters. The normalized spacial score (nSPS) is 27.3. The molecule has 0 bridgehead atoms. The topological polar surface area (TPSA) is 47.6 Å². The fraction of sp³-hybridized carbons (Fsp3) is 0.909. The second-order valence-corrected chi connectivity index (χ2v) is 4.76. The summed E-state index contributed by atoms with van der Waals surface area (Å²) in [6.07, 6.45) is 4.55. The summed E-state index contributed by atoms with van der Waals surface area (Å²) in [6, 6.07) is 0.359. The minimum Gasteiger partial charge on any atom is -0.463 e. The smallest absolute Gasteiger partial charge is 0.282 e. The highest BCUT2D eigenvalue weighted by molar-refractivity contribution is 7.80. The van der Waals surface area contributed by atoms with Crippen LogP contribution in [0.2, 0.25) is 0 Å². The average Bonchev–Trinajstić information content (AvgIpc) is 2.62. The van der Waals surface area contributed by atoms with Gasteiger partial charge in [0.25, 0.3) is 6.02 Å². The number of aliphatic imine (C=N–C) groups is 1. The van der Waals surface area contributed by atoms with Gasteiger partial charge >= 0.3 is 0 Å². The van der Waals surface area contributed by atoms with Crippen LogP contribution < -0.4 is 5.73 Å². The van der Waals surface area contributed by atoms with E-state index < -0.39 is 0 Å². The summed E-state index contributed by atoms with van der Waals surface area (Å²) >= 11 is 4.22. The van der Waals surface area contributed by atoms with Gasteiger partial charge in [-0.05, 0) is 30.9 Å². The molecule has 0 radical (unpaired) electrons. The Hall–Kier alpha value is -0.380. The van der Waals surface area contributed by atoms with E-state index in [9.17, 15) is 0 Å². The molecule has 1 aliphatic rings. The molecule has 2 N–H and O–H groups in total. The summed E-state index contributed by atoms with van der Waals surface area (Å²) in [6.45, 7) is 5.05. The minimum atomic E-state index is -0.0688. The number of amidine groups is 1. The molecule has 0 saturated heterocycles. The summed E-state index contributed by atoms with van der Waals surface area (Å²) in [5, 5.41) is 0. The number of ether oxygens (including phenoxy) is 1. The number of hydrogen-bond donors (Lipinski definition) is 2. The molecule has 0 amide bonds. The molecule has 0 aromatic carbocycles. The van der Waals surface area contributed by atoms with Crippen LogP contribution in [0.15, 0.2) is 4.99 Å². The van der Waals surface area contributed by atoms with Crippen LogP contribution >= 0.6 is 12.6 Å². The van der Waals surface area contributed by atoms with Gasteiger partial charge < -0.3 is 10.5 Å². The molecule has 0 aromatic rings. The first-order valence-electron chi connectivity index (χ1n) is 5.73. The standard InChI is InChI=1S/C11H22N2OS/c1-3-11(8-14-10(12)13-11)9(2)6-4-5-7-15/h9,15H,3-8H2,1-2H3,(H2,12,13). The highest BCUT2D eigenvalue weighted by Crippen LogP contribution is 2.33. The maximum atomic E-state index is 5.59. The molecule has 0 aromatic heterocycles. The maximum Gasteiger partial charge on any atom is 0.282 e. The van der Waals surface area contributed by atoms with Crippen molar-refractivity contribution in [3.05, 3.63) is 0 Å². The molecule has 1 heterocycles. The first-order chi connectivity index (χ1) is 7.14. The van der Waals surface area contributed by atoms with Gasteiger partial charge in [-0.15, -0.1) is 0 Å². The lowest BCUT2D eigenvalue weighted by molar-refractivity contribution is 0.184. The van der Waals surface area contributed by atoms with Crippen LogP contribution in [0.1, 0.15) is 39.5 Å². The van der Waals surface area contributed by atoms with E-state index in [1.807, 2.05) is 0 Å². The van der Waals surface area contributed by atoms with Crippen LogP contribution in [0, 0.1) is 5.92 Å². The van der Waals surface area contributed by atoms with Crippen molar-refractivity contribution in [1.82, 2.24) is 0 Å². The molecule has 3 nitrogen and oxygen atoms in total. The zero-order valence-electron chi connectivity index (χ0n) is 9.70. The Labute approximate surface area is 97.9 Å². The number of rotatable bonds is 6. The molecular weight excluding hydrogens is 208 g/mol. The van der Waals surface area contributed by atoms with Gasteiger partial charge in [-0.3, -0.25) is 0 Å². The third kappa shape index (κ3) is 3.03. The van der Waals surface area contributed by atoms with E-state index in [0.717, 1.165) is 12.2 Å². The second-order valence-electron chi connectivity index (χ2n) is 4.32. The van der Waals surface area contributed by atoms with Gasteiger partial charge in [0.15, 0.2) is 0 Å². The van der Waals surface area contributed by atoms with Crippen molar-refractivity contribution >= 4 is 18.7 Å². The second kappa shape index (κ2) is 5.64. The molecular formula is C11H22N2OS. The van der Waals surface area contributed by atoms with Crippen LogP contribution in [0.25, 0.3) is 0 Å². The van der Waals surface area contributed by atoms with Gasteiger partial charge in [0.2, 0.25) is 0 Å². The minimum absolute atomic E-state index is 0.0688. The van der Waals surface area contributed by atoms with Crippen molar-refractivity contribution in [1.29, 1.82) is 0 Å². The van der Waals surface area contributed by atoms with Gasteiger partial charge in [-0.1, -0.05) is 20.3 Å². The molecule has 2 atom stereocenters. The predicted molar refractivity (Wildman–Crippen MR) is 67.5 cm³/mol. The molecule has 0 fully saturated rings. The Morgan fingerprint density at radius 2 is 2.33 bits per heavy atom. The van der Waals surface area contributed by atoms with Gasteiger partial charge in [0.05, 0.1) is 0 Å². The van der Waals surface area contributed by atoms with E-state index in [2.05, 4.69) is 31.5 Å². The maximum absolute atomic E-state index is 5.59.